The van der Waals surface area contributed by atoms with Crippen molar-refractivity contribution in [3.63, 3.8) is 0 Å². The van der Waals surface area contributed by atoms with Crippen molar-refractivity contribution in [2.24, 2.45) is 5.92 Å². The predicted molar refractivity (Wildman–Crippen MR) is 78.9 cm³/mol. The Bertz CT molecular complexity index is 223. The van der Waals surface area contributed by atoms with Gasteiger partial charge in [0.2, 0.25) is 0 Å². The fourth-order valence-electron chi connectivity index (χ4n) is 3.73. The van der Waals surface area contributed by atoms with E-state index >= 15 is 0 Å². The van der Waals surface area contributed by atoms with Crippen molar-refractivity contribution in [2.45, 2.75) is 77.3 Å². The van der Waals surface area contributed by atoms with E-state index in [4.69, 9.17) is 0 Å². The zero-order valence-corrected chi connectivity index (χ0v) is 12.5. The first-order chi connectivity index (χ1) is 8.83. The van der Waals surface area contributed by atoms with Crippen LogP contribution in [0.2, 0.25) is 0 Å². The van der Waals surface area contributed by atoms with E-state index in [-0.39, 0.29) is 0 Å². The van der Waals surface area contributed by atoms with Crippen molar-refractivity contribution in [1.82, 2.24) is 10.2 Å². The molecule has 0 spiro atoms. The van der Waals surface area contributed by atoms with Crippen molar-refractivity contribution < 1.29 is 0 Å². The number of hydrogen-bond donors (Lipinski definition) is 1. The molecule has 1 saturated carbocycles. The minimum Gasteiger partial charge on any atom is -0.313 e. The third kappa shape index (κ3) is 3.96. The summed E-state index contributed by atoms with van der Waals surface area (Å²) < 4.78 is 0. The van der Waals surface area contributed by atoms with E-state index in [1.165, 1.54) is 71.0 Å². The van der Waals surface area contributed by atoms with Gasteiger partial charge in [-0.2, -0.15) is 0 Å². The van der Waals surface area contributed by atoms with Crippen molar-refractivity contribution in [3.05, 3.63) is 0 Å². The molecule has 0 bridgehead atoms. The van der Waals surface area contributed by atoms with Crippen LogP contribution in [0.4, 0.5) is 0 Å². The van der Waals surface area contributed by atoms with Crippen LogP contribution in [0.25, 0.3) is 0 Å². The Kier molecular flexibility index (Phi) is 5.97. The van der Waals surface area contributed by atoms with Crippen LogP contribution in [0, 0.1) is 5.92 Å². The first-order valence-electron chi connectivity index (χ1n) is 8.30. The minimum absolute atomic E-state index is 0.780. The number of rotatable bonds is 7. The fraction of sp³-hybridized carbons (Fsp3) is 1.00. The van der Waals surface area contributed by atoms with Crippen LogP contribution in [0.1, 0.15) is 65.2 Å². The summed E-state index contributed by atoms with van der Waals surface area (Å²) in [6.07, 6.45) is 11.3. The first-order valence-corrected chi connectivity index (χ1v) is 8.30. The Hall–Kier alpha value is -0.0800. The maximum Gasteiger partial charge on any atom is 0.0195 e. The lowest BCUT2D eigenvalue weighted by atomic mass is 10.0. The summed E-state index contributed by atoms with van der Waals surface area (Å²) in [7, 11) is 0. The molecule has 1 aliphatic carbocycles. The van der Waals surface area contributed by atoms with Gasteiger partial charge >= 0.3 is 0 Å². The number of nitrogens with one attached hydrogen (secondary N) is 1. The van der Waals surface area contributed by atoms with Gasteiger partial charge in [0.05, 0.1) is 0 Å². The topological polar surface area (TPSA) is 15.3 Å². The summed E-state index contributed by atoms with van der Waals surface area (Å²) in [5.74, 6) is 1.01. The average Bonchev–Trinajstić information content (AvgIpc) is 3.05. The van der Waals surface area contributed by atoms with Gasteiger partial charge in [0.15, 0.2) is 0 Å². The summed E-state index contributed by atoms with van der Waals surface area (Å²) in [5, 5.41) is 3.67. The van der Waals surface area contributed by atoms with Crippen molar-refractivity contribution in [3.8, 4) is 0 Å². The number of nitrogens with zero attached hydrogens (tertiary/aromatic N) is 1. The smallest absolute Gasteiger partial charge is 0.0195 e. The lowest BCUT2D eigenvalue weighted by Crippen LogP contribution is -2.43. The van der Waals surface area contributed by atoms with Gasteiger partial charge in [-0.25, -0.2) is 0 Å². The van der Waals surface area contributed by atoms with Gasteiger partial charge in [-0.15, -0.1) is 0 Å². The average molecular weight is 252 g/mol. The zero-order chi connectivity index (χ0) is 12.8. The van der Waals surface area contributed by atoms with Gasteiger partial charge in [-0.1, -0.05) is 26.7 Å². The molecule has 3 atom stereocenters. The Morgan fingerprint density at radius 1 is 1.17 bits per heavy atom. The highest BCUT2D eigenvalue weighted by atomic mass is 15.2. The van der Waals surface area contributed by atoms with Crippen LogP contribution in [0.5, 0.6) is 0 Å². The molecule has 106 valence electrons. The summed E-state index contributed by atoms with van der Waals surface area (Å²) in [4.78, 5) is 2.82. The molecule has 1 heterocycles. The maximum atomic E-state index is 3.67. The van der Waals surface area contributed by atoms with E-state index in [2.05, 4.69) is 24.1 Å². The second-order valence-corrected chi connectivity index (χ2v) is 6.38. The van der Waals surface area contributed by atoms with Crippen LogP contribution < -0.4 is 5.32 Å². The van der Waals surface area contributed by atoms with Crippen molar-refractivity contribution in [1.29, 1.82) is 0 Å². The van der Waals surface area contributed by atoms with E-state index in [9.17, 15) is 0 Å². The molecule has 1 aliphatic heterocycles. The van der Waals surface area contributed by atoms with Crippen molar-refractivity contribution >= 4 is 0 Å². The minimum atomic E-state index is 0.780. The van der Waals surface area contributed by atoms with Gasteiger partial charge in [0.1, 0.15) is 0 Å². The van der Waals surface area contributed by atoms with E-state index in [0.29, 0.717) is 0 Å². The predicted octanol–water partition coefficient (Wildman–Crippen LogP) is 3.42. The quantitative estimate of drug-likeness (QED) is 0.747. The fourth-order valence-corrected chi connectivity index (χ4v) is 3.73. The molecule has 0 radical (unpaired) electrons. The Morgan fingerprint density at radius 3 is 2.67 bits per heavy atom. The summed E-state index contributed by atoms with van der Waals surface area (Å²) in [6, 6.07) is 1.67. The second-order valence-electron chi connectivity index (χ2n) is 6.38. The largest absolute Gasteiger partial charge is 0.313 e. The van der Waals surface area contributed by atoms with Gasteiger partial charge < -0.3 is 5.32 Å². The highest BCUT2D eigenvalue weighted by Gasteiger charge is 2.29. The van der Waals surface area contributed by atoms with Gasteiger partial charge in [-0.05, 0) is 57.5 Å². The van der Waals surface area contributed by atoms with Crippen LogP contribution >= 0.6 is 0 Å². The summed E-state index contributed by atoms with van der Waals surface area (Å²) >= 11 is 0. The monoisotopic (exact) mass is 252 g/mol. The molecule has 0 aromatic heterocycles. The van der Waals surface area contributed by atoms with E-state index in [1.807, 2.05) is 0 Å². The van der Waals surface area contributed by atoms with Crippen LogP contribution in [-0.2, 0) is 0 Å². The molecule has 3 unspecified atom stereocenters. The second kappa shape index (κ2) is 7.49. The van der Waals surface area contributed by atoms with Crippen LogP contribution in [0.15, 0.2) is 0 Å². The molecule has 0 aromatic rings. The Morgan fingerprint density at radius 2 is 2.06 bits per heavy atom. The van der Waals surface area contributed by atoms with Crippen LogP contribution in [-0.4, -0.2) is 36.6 Å². The molecule has 0 amide bonds. The SMILES string of the molecule is CCCCN(CC1CCCN1)C1CCC(CC)C1. The molecule has 2 nitrogen and oxygen atoms in total. The summed E-state index contributed by atoms with van der Waals surface area (Å²) in [6.45, 7) is 8.56. The normalized spacial score (nSPS) is 32.5. The van der Waals surface area contributed by atoms with E-state index in [0.717, 1.165) is 18.0 Å². The molecule has 2 fully saturated rings. The lowest BCUT2D eigenvalue weighted by Gasteiger charge is -2.31. The Balaban J connectivity index is 1.83. The van der Waals surface area contributed by atoms with Crippen LogP contribution in [0.3, 0.4) is 0 Å². The highest BCUT2D eigenvalue weighted by molar-refractivity contribution is 4.86. The van der Waals surface area contributed by atoms with Gasteiger partial charge in [-0.3, -0.25) is 4.90 Å². The van der Waals surface area contributed by atoms with Gasteiger partial charge in [0.25, 0.3) is 0 Å². The van der Waals surface area contributed by atoms with Crippen molar-refractivity contribution in [2.75, 3.05) is 19.6 Å². The van der Waals surface area contributed by atoms with Gasteiger partial charge in [0, 0.05) is 18.6 Å². The molecule has 1 saturated heterocycles. The third-order valence-electron chi connectivity index (χ3n) is 5.02. The standard InChI is InChI=1S/C16H32N2/c1-3-5-11-18(13-15-7-6-10-17-15)16-9-8-14(4-2)12-16/h14-17H,3-13H2,1-2H3. The molecular formula is C16H32N2. The number of unbranched alkanes of at least 4 members (excludes halogenated alkanes) is 1. The van der Waals surface area contributed by atoms with E-state index in [1.54, 1.807) is 0 Å². The molecule has 18 heavy (non-hydrogen) atoms. The highest BCUT2D eigenvalue weighted by Crippen LogP contribution is 2.32. The Labute approximate surface area is 114 Å². The molecule has 0 aromatic carbocycles. The number of hydrogen-bond acceptors (Lipinski definition) is 2. The molecule has 2 rings (SSSR count). The molecule has 1 N–H and O–H groups in total. The molecule has 2 heteroatoms. The first kappa shape index (κ1) is 14.3. The molecular weight excluding hydrogens is 220 g/mol. The maximum absolute atomic E-state index is 3.67. The lowest BCUT2D eigenvalue weighted by molar-refractivity contribution is 0.175. The summed E-state index contributed by atoms with van der Waals surface area (Å²) in [5.41, 5.74) is 0. The van der Waals surface area contributed by atoms with E-state index < -0.39 is 0 Å². The zero-order valence-electron chi connectivity index (χ0n) is 12.5. The third-order valence-corrected chi connectivity index (χ3v) is 5.02. The molecule has 2 aliphatic rings.